The molecule has 0 radical (unpaired) electrons. The number of pyridine rings is 1. The summed E-state index contributed by atoms with van der Waals surface area (Å²) in [4.78, 5) is 16.4. The molecule has 3 N–H and O–H groups in total. The Morgan fingerprint density at radius 1 is 1.59 bits per heavy atom. The molecule has 0 atom stereocenters. The van der Waals surface area contributed by atoms with E-state index in [0.717, 1.165) is 9.35 Å². The number of rotatable bonds is 2. The molecule has 4 nitrogen and oxygen atoms in total. The van der Waals surface area contributed by atoms with Crippen molar-refractivity contribution in [3.05, 3.63) is 38.8 Å². The van der Waals surface area contributed by atoms with E-state index in [0.29, 0.717) is 16.3 Å². The van der Waals surface area contributed by atoms with Gasteiger partial charge in [0.1, 0.15) is 0 Å². The monoisotopic (exact) mass is 311 g/mol. The second kappa shape index (κ2) is 4.85. The number of hydrogen-bond acceptors (Lipinski definition) is 4. The van der Waals surface area contributed by atoms with E-state index >= 15 is 0 Å². The van der Waals surface area contributed by atoms with E-state index in [4.69, 9.17) is 5.73 Å². The highest BCUT2D eigenvalue weighted by Crippen LogP contribution is 2.28. The van der Waals surface area contributed by atoms with Gasteiger partial charge >= 0.3 is 0 Å². The third-order valence-corrected chi connectivity index (χ3v) is 4.32. The van der Waals surface area contributed by atoms with Crippen LogP contribution >= 0.6 is 27.3 Å². The van der Waals surface area contributed by atoms with E-state index in [1.807, 2.05) is 13.0 Å². The first-order valence-corrected chi connectivity index (χ1v) is 6.45. The highest BCUT2D eigenvalue weighted by molar-refractivity contribution is 9.11. The number of aromatic nitrogens is 1. The number of amides is 1. The van der Waals surface area contributed by atoms with Crippen LogP contribution in [0, 0.1) is 6.92 Å². The largest absolute Gasteiger partial charge is 0.396 e. The topological polar surface area (TPSA) is 68.0 Å². The predicted molar refractivity (Wildman–Crippen MR) is 73.4 cm³/mol. The number of halogens is 1. The molecule has 0 unspecified atom stereocenters. The van der Waals surface area contributed by atoms with Crippen LogP contribution in [-0.2, 0) is 0 Å². The van der Waals surface area contributed by atoms with Crippen LogP contribution < -0.4 is 11.1 Å². The first-order valence-electron chi connectivity index (χ1n) is 4.84. The fraction of sp³-hybridized carbons (Fsp3) is 0.0909. The normalized spacial score (nSPS) is 10.2. The molecule has 0 saturated heterocycles. The van der Waals surface area contributed by atoms with Crippen molar-refractivity contribution in [2.45, 2.75) is 6.92 Å². The molecule has 0 aromatic carbocycles. The third kappa shape index (κ3) is 2.65. The van der Waals surface area contributed by atoms with Crippen molar-refractivity contribution in [3.8, 4) is 0 Å². The van der Waals surface area contributed by atoms with E-state index in [9.17, 15) is 4.79 Å². The molecular formula is C11H10BrN3OS. The van der Waals surface area contributed by atoms with Crippen molar-refractivity contribution >= 4 is 44.5 Å². The molecule has 2 aromatic heterocycles. The fourth-order valence-corrected chi connectivity index (χ4v) is 2.71. The number of nitrogens with zero attached hydrogens (tertiary/aromatic N) is 1. The number of anilines is 2. The lowest BCUT2D eigenvalue weighted by Gasteiger charge is -2.05. The van der Waals surface area contributed by atoms with Crippen LogP contribution in [-0.4, -0.2) is 10.9 Å². The van der Waals surface area contributed by atoms with Crippen molar-refractivity contribution in [1.82, 2.24) is 4.98 Å². The average Bonchev–Trinajstić information content (AvgIpc) is 2.63. The van der Waals surface area contributed by atoms with Crippen LogP contribution in [0.1, 0.15) is 15.2 Å². The summed E-state index contributed by atoms with van der Waals surface area (Å²) in [6.07, 6.45) is 3.09. The summed E-state index contributed by atoms with van der Waals surface area (Å²) in [6, 6.07) is 3.50. The van der Waals surface area contributed by atoms with Gasteiger partial charge in [0, 0.05) is 6.20 Å². The number of carbonyl (C=O) groups excluding carboxylic acids is 1. The highest BCUT2D eigenvalue weighted by Gasteiger charge is 2.12. The zero-order chi connectivity index (χ0) is 12.4. The van der Waals surface area contributed by atoms with Crippen molar-refractivity contribution in [2.75, 3.05) is 11.1 Å². The van der Waals surface area contributed by atoms with Crippen molar-refractivity contribution < 1.29 is 4.79 Å². The van der Waals surface area contributed by atoms with Crippen LogP contribution in [0.3, 0.4) is 0 Å². The number of nitrogens with one attached hydrogen (secondary N) is 1. The maximum Gasteiger partial charge on any atom is 0.265 e. The Morgan fingerprint density at radius 2 is 2.35 bits per heavy atom. The number of aryl methyl sites for hydroxylation is 1. The molecule has 1 amide bonds. The van der Waals surface area contributed by atoms with Crippen molar-refractivity contribution in [1.29, 1.82) is 0 Å². The molecule has 6 heteroatoms. The van der Waals surface area contributed by atoms with E-state index < -0.39 is 0 Å². The van der Waals surface area contributed by atoms with Gasteiger partial charge in [-0.05, 0) is 40.5 Å². The van der Waals surface area contributed by atoms with Gasteiger partial charge in [-0.3, -0.25) is 9.78 Å². The molecule has 0 fully saturated rings. The first-order chi connectivity index (χ1) is 8.08. The smallest absolute Gasteiger partial charge is 0.265 e. The zero-order valence-corrected chi connectivity index (χ0v) is 11.4. The minimum Gasteiger partial charge on any atom is -0.396 e. The van der Waals surface area contributed by atoms with Crippen LogP contribution in [0.15, 0.2) is 28.3 Å². The summed E-state index contributed by atoms with van der Waals surface area (Å²) in [5.74, 6) is -0.165. The minimum atomic E-state index is -0.165. The molecule has 17 heavy (non-hydrogen) atoms. The molecule has 0 spiro atoms. The Hall–Kier alpha value is -1.40. The number of carbonyl (C=O) groups is 1. The van der Waals surface area contributed by atoms with Gasteiger partial charge in [-0.25, -0.2) is 0 Å². The third-order valence-electron chi connectivity index (χ3n) is 2.18. The standard InChI is InChI=1S/C11H10BrN3OS/c1-6-4-9(17-10(6)12)11(16)15-8-2-3-14-5-7(8)13/h2-5H,13H2,1H3,(H,14,15,16). The summed E-state index contributed by atoms with van der Waals surface area (Å²) < 4.78 is 0.963. The van der Waals surface area contributed by atoms with Gasteiger partial charge in [0.2, 0.25) is 0 Å². The SMILES string of the molecule is Cc1cc(C(=O)Nc2ccncc2N)sc1Br. The van der Waals surface area contributed by atoms with Gasteiger partial charge in [-0.2, -0.15) is 0 Å². The summed E-state index contributed by atoms with van der Waals surface area (Å²) in [7, 11) is 0. The van der Waals surface area contributed by atoms with Crippen LogP contribution in [0.2, 0.25) is 0 Å². The molecule has 0 aliphatic carbocycles. The van der Waals surface area contributed by atoms with Gasteiger partial charge in [0.05, 0.1) is 26.2 Å². The van der Waals surface area contributed by atoms with Gasteiger partial charge in [-0.15, -0.1) is 11.3 Å². The van der Waals surface area contributed by atoms with E-state index in [-0.39, 0.29) is 5.91 Å². The Morgan fingerprint density at radius 3 is 2.94 bits per heavy atom. The summed E-state index contributed by atoms with van der Waals surface area (Å²) in [5.41, 5.74) is 7.77. The summed E-state index contributed by atoms with van der Waals surface area (Å²) >= 11 is 4.78. The van der Waals surface area contributed by atoms with Crippen LogP contribution in [0.5, 0.6) is 0 Å². The number of nitrogens with two attached hydrogens (primary N) is 1. The Bertz CT molecular complexity index is 548. The van der Waals surface area contributed by atoms with Crippen LogP contribution in [0.25, 0.3) is 0 Å². The quantitative estimate of drug-likeness (QED) is 0.895. The number of thiophene rings is 1. The molecule has 0 saturated carbocycles. The fourth-order valence-electron chi connectivity index (χ4n) is 1.28. The summed E-state index contributed by atoms with van der Waals surface area (Å²) in [6.45, 7) is 1.94. The summed E-state index contributed by atoms with van der Waals surface area (Å²) in [5, 5.41) is 2.75. The second-order valence-corrected chi connectivity index (χ2v) is 5.85. The maximum atomic E-state index is 11.9. The second-order valence-electron chi connectivity index (χ2n) is 3.48. The Labute approximate surface area is 111 Å². The van der Waals surface area contributed by atoms with Gasteiger partial charge in [0.25, 0.3) is 5.91 Å². The maximum absolute atomic E-state index is 11.9. The molecule has 88 valence electrons. The van der Waals surface area contributed by atoms with Crippen LogP contribution in [0.4, 0.5) is 11.4 Å². The van der Waals surface area contributed by atoms with Gasteiger partial charge in [0.15, 0.2) is 0 Å². The first kappa shape index (κ1) is 12.1. The predicted octanol–water partition coefficient (Wildman–Crippen LogP) is 3.05. The highest BCUT2D eigenvalue weighted by atomic mass is 79.9. The van der Waals surface area contributed by atoms with E-state index in [1.165, 1.54) is 17.5 Å². The number of nitrogen functional groups attached to an aromatic ring is 1. The van der Waals surface area contributed by atoms with E-state index in [2.05, 4.69) is 26.2 Å². The lowest BCUT2D eigenvalue weighted by Crippen LogP contribution is -2.11. The zero-order valence-electron chi connectivity index (χ0n) is 9.03. The lowest BCUT2D eigenvalue weighted by molar-refractivity contribution is 0.103. The molecule has 2 rings (SSSR count). The number of hydrogen-bond donors (Lipinski definition) is 2. The molecule has 0 aliphatic heterocycles. The Kier molecular flexibility index (Phi) is 3.44. The van der Waals surface area contributed by atoms with Gasteiger partial charge < -0.3 is 11.1 Å². The van der Waals surface area contributed by atoms with Crippen molar-refractivity contribution in [3.63, 3.8) is 0 Å². The molecule has 2 heterocycles. The molecule has 0 aliphatic rings. The van der Waals surface area contributed by atoms with E-state index in [1.54, 1.807) is 12.3 Å². The molecule has 2 aromatic rings. The Balaban J connectivity index is 2.20. The molecular weight excluding hydrogens is 302 g/mol. The average molecular weight is 312 g/mol. The van der Waals surface area contributed by atoms with Crippen molar-refractivity contribution in [2.24, 2.45) is 0 Å². The minimum absolute atomic E-state index is 0.165. The molecule has 0 bridgehead atoms. The lowest BCUT2D eigenvalue weighted by atomic mass is 10.3. The van der Waals surface area contributed by atoms with Gasteiger partial charge in [-0.1, -0.05) is 0 Å².